The van der Waals surface area contributed by atoms with Gasteiger partial charge in [0.2, 0.25) is 11.8 Å². The number of amides is 2. The molecule has 6 heteroatoms. The predicted molar refractivity (Wildman–Crippen MR) is 77.4 cm³/mol. The van der Waals surface area contributed by atoms with E-state index in [4.69, 9.17) is 4.74 Å². The van der Waals surface area contributed by atoms with Crippen molar-refractivity contribution in [2.24, 2.45) is 5.92 Å². The molecule has 0 aromatic heterocycles. The minimum Gasteiger partial charge on any atom is -0.383 e. The minimum atomic E-state index is -0.0797. The average molecular weight is 285 g/mol. The van der Waals surface area contributed by atoms with E-state index >= 15 is 0 Å². The zero-order valence-electron chi connectivity index (χ0n) is 12.9. The highest BCUT2D eigenvalue weighted by molar-refractivity contribution is 5.83. The van der Waals surface area contributed by atoms with Gasteiger partial charge in [-0.3, -0.25) is 9.59 Å². The van der Waals surface area contributed by atoms with Crippen molar-refractivity contribution in [3.05, 3.63) is 0 Å². The number of carbonyl (C=O) groups excluding carboxylic acids is 2. The van der Waals surface area contributed by atoms with E-state index < -0.39 is 0 Å². The van der Waals surface area contributed by atoms with Crippen molar-refractivity contribution in [2.75, 3.05) is 54.0 Å². The molecular formula is C14H27N3O3. The maximum absolute atomic E-state index is 12.5. The maximum atomic E-state index is 12.5. The number of nitrogens with one attached hydrogen (secondary N) is 1. The Morgan fingerprint density at radius 3 is 2.65 bits per heavy atom. The Balaban J connectivity index is 2.47. The maximum Gasteiger partial charge on any atom is 0.227 e. The van der Waals surface area contributed by atoms with Gasteiger partial charge in [-0.2, -0.15) is 0 Å². The van der Waals surface area contributed by atoms with Gasteiger partial charge in [-0.15, -0.1) is 0 Å². The second kappa shape index (κ2) is 8.92. The van der Waals surface area contributed by atoms with Crippen LogP contribution >= 0.6 is 0 Å². The summed E-state index contributed by atoms with van der Waals surface area (Å²) in [6, 6.07) is 0. The highest BCUT2D eigenvalue weighted by Gasteiger charge is 2.27. The van der Waals surface area contributed by atoms with Crippen LogP contribution in [0.1, 0.15) is 19.3 Å². The smallest absolute Gasteiger partial charge is 0.227 e. The third kappa shape index (κ3) is 5.88. The van der Waals surface area contributed by atoms with E-state index in [-0.39, 0.29) is 17.7 Å². The van der Waals surface area contributed by atoms with Crippen LogP contribution in [-0.2, 0) is 14.3 Å². The van der Waals surface area contributed by atoms with E-state index in [9.17, 15) is 9.59 Å². The Morgan fingerprint density at radius 1 is 1.35 bits per heavy atom. The molecule has 6 nitrogen and oxygen atoms in total. The summed E-state index contributed by atoms with van der Waals surface area (Å²) in [5, 5.41) is 2.77. The first-order valence-corrected chi connectivity index (χ1v) is 7.23. The summed E-state index contributed by atoms with van der Waals surface area (Å²) in [4.78, 5) is 27.6. The fourth-order valence-electron chi connectivity index (χ4n) is 2.31. The van der Waals surface area contributed by atoms with E-state index in [1.54, 1.807) is 7.11 Å². The van der Waals surface area contributed by atoms with Crippen molar-refractivity contribution in [2.45, 2.75) is 19.3 Å². The minimum absolute atomic E-state index is 0.0464. The largest absolute Gasteiger partial charge is 0.383 e. The molecule has 116 valence electrons. The summed E-state index contributed by atoms with van der Waals surface area (Å²) in [7, 11) is 5.69. The fourth-order valence-corrected chi connectivity index (χ4v) is 2.31. The van der Waals surface area contributed by atoms with Crippen LogP contribution in [-0.4, -0.2) is 75.6 Å². The lowest BCUT2D eigenvalue weighted by atomic mass is 9.97. The number of methoxy groups -OCH3 is 1. The number of nitrogens with zero attached hydrogens (tertiary/aromatic N) is 2. The highest BCUT2D eigenvalue weighted by Crippen LogP contribution is 2.14. The summed E-state index contributed by atoms with van der Waals surface area (Å²) in [5.41, 5.74) is 0. The van der Waals surface area contributed by atoms with Gasteiger partial charge in [0, 0.05) is 33.2 Å². The number of carbonyl (C=O) groups is 2. The van der Waals surface area contributed by atoms with Crippen LogP contribution in [0.25, 0.3) is 0 Å². The van der Waals surface area contributed by atoms with Gasteiger partial charge < -0.3 is 19.9 Å². The zero-order valence-corrected chi connectivity index (χ0v) is 12.9. The highest BCUT2D eigenvalue weighted by atomic mass is 16.5. The summed E-state index contributed by atoms with van der Waals surface area (Å²) in [5.74, 6) is 0.106. The van der Waals surface area contributed by atoms with Crippen LogP contribution in [0.2, 0.25) is 0 Å². The monoisotopic (exact) mass is 285 g/mol. The molecule has 0 aromatic carbocycles. The predicted octanol–water partition coefficient (Wildman–Crippen LogP) is -0.0607. The third-order valence-electron chi connectivity index (χ3n) is 3.53. The van der Waals surface area contributed by atoms with Crippen molar-refractivity contribution in [1.29, 1.82) is 0 Å². The van der Waals surface area contributed by atoms with Gasteiger partial charge in [-0.25, -0.2) is 0 Å². The van der Waals surface area contributed by atoms with E-state index in [2.05, 4.69) is 10.2 Å². The molecule has 20 heavy (non-hydrogen) atoms. The van der Waals surface area contributed by atoms with Gasteiger partial charge in [0.1, 0.15) is 0 Å². The van der Waals surface area contributed by atoms with Gasteiger partial charge in [0.25, 0.3) is 0 Å². The summed E-state index contributed by atoms with van der Waals surface area (Å²) in [6.45, 7) is 3.33. The molecule has 0 aromatic rings. The number of ether oxygens (including phenoxy) is 1. The summed E-state index contributed by atoms with van der Waals surface area (Å²) in [6.07, 6.45) is 2.05. The molecule has 0 saturated carbocycles. The lowest BCUT2D eigenvalue weighted by molar-refractivity contribution is -0.138. The number of hydrogen-bond donors (Lipinski definition) is 1. The molecule has 1 N–H and O–H groups in total. The van der Waals surface area contributed by atoms with Crippen molar-refractivity contribution in [3.8, 4) is 0 Å². The molecule has 1 fully saturated rings. The van der Waals surface area contributed by atoms with Crippen LogP contribution in [0.15, 0.2) is 0 Å². The molecular weight excluding hydrogens is 258 g/mol. The zero-order chi connectivity index (χ0) is 15.0. The molecule has 1 unspecified atom stereocenters. The van der Waals surface area contributed by atoms with Gasteiger partial charge >= 0.3 is 0 Å². The molecule has 1 heterocycles. The molecule has 0 bridgehead atoms. The van der Waals surface area contributed by atoms with Crippen molar-refractivity contribution < 1.29 is 14.3 Å². The number of hydrogen-bond acceptors (Lipinski definition) is 4. The van der Waals surface area contributed by atoms with Crippen LogP contribution in [0.4, 0.5) is 0 Å². The Morgan fingerprint density at radius 2 is 2.10 bits per heavy atom. The average Bonchev–Trinajstić information content (AvgIpc) is 2.42. The van der Waals surface area contributed by atoms with Gasteiger partial charge in [0.05, 0.1) is 12.5 Å². The first kappa shape index (κ1) is 16.9. The topological polar surface area (TPSA) is 61.9 Å². The molecule has 1 rings (SSSR count). The van der Waals surface area contributed by atoms with Gasteiger partial charge in [-0.05, 0) is 33.5 Å². The summed E-state index contributed by atoms with van der Waals surface area (Å²) >= 11 is 0. The lowest BCUT2D eigenvalue weighted by Gasteiger charge is -2.29. The molecule has 1 aliphatic heterocycles. The molecule has 1 aliphatic rings. The van der Waals surface area contributed by atoms with E-state index in [0.717, 1.165) is 19.5 Å². The van der Waals surface area contributed by atoms with Gasteiger partial charge in [0.15, 0.2) is 0 Å². The SMILES string of the molecule is COCCN(CCCN(C)C)C(=O)C1CCC(=O)NC1. The Kier molecular flexibility index (Phi) is 7.54. The molecule has 1 saturated heterocycles. The van der Waals surface area contributed by atoms with E-state index in [1.165, 1.54) is 0 Å². The molecule has 2 amide bonds. The Hall–Kier alpha value is -1.14. The fraction of sp³-hybridized carbons (Fsp3) is 0.857. The Bertz CT molecular complexity index is 311. The second-order valence-electron chi connectivity index (χ2n) is 5.51. The first-order chi connectivity index (χ1) is 9.54. The quantitative estimate of drug-likeness (QED) is 0.679. The van der Waals surface area contributed by atoms with Crippen LogP contribution in [0, 0.1) is 5.92 Å². The second-order valence-corrected chi connectivity index (χ2v) is 5.51. The normalized spacial score (nSPS) is 19.0. The van der Waals surface area contributed by atoms with E-state index in [0.29, 0.717) is 32.5 Å². The van der Waals surface area contributed by atoms with Crippen LogP contribution < -0.4 is 5.32 Å². The first-order valence-electron chi connectivity index (χ1n) is 7.23. The van der Waals surface area contributed by atoms with Crippen molar-refractivity contribution in [1.82, 2.24) is 15.1 Å². The number of piperidine rings is 1. The van der Waals surface area contributed by atoms with Crippen molar-refractivity contribution in [3.63, 3.8) is 0 Å². The third-order valence-corrected chi connectivity index (χ3v) is 3.53. The van der Waals surface area contributed by atoms with Gasteiger partial charge in [-0.1, -0.05) is 0 Å². The molecule has 0 aliphatic carbocycles. The van der Waals surface area contributed by atoms with Crippen molar-refractivity contribution >= 4 is 11.8 Å². The Labute approximate surface area is 121 Å². The lowest BCUT2D eigenvalue weighted by Crippen LogP contribution is -2.46. The number of rotatable bonds is 8. The van der Waals surface area contributed by atoms with Crippen LogP contribution in [0.5, 0.6) is 0 Å². The molecule has 0 spiro atoms. The standard InChI is InChI=1S/C14H27N3O3/c1-16(2)7-4-8-17(9-10-20-3)14(19)12-5-6-13(18)15-11-12/h12H,4-11H2,1-3H3,(H,15,18). The molecule has 0 radical (unpaired) electrons. The molecule has 1 atom stereocenters. The van der Waals surface area contributed by atoms with Crippen LogP contribution in [0.3, 0.4) is 0 Å². The van der Waals surface area contributed by atoms with E-state index in [1.807, 2.05) is 19.0 Å². The summed E-state index contributed by atoms with van der Waals surface area (Å²) < 4.78 is 5.08.